The molecule has 0 saturated carbocycles. The molecule has 2 aromatic rings. The van der Waals surface area contributed by atoms with Crippen molar-refractivity contribution in [3.8, 4) is 0 Å². The molecule has 25 heavy (non-hydrogen) atoms. The third kappa shape index (κ3) is 4.14. The number of aryl methyl sites for hydroxylation is 1. The van der Waals surface area contributed by atoms with E-state index in [9.17, 15) is 16.8 Å². The second kappa shape index (κ2) is 6.95. The number of halogens is 1. The van der Waals surface area contributed by atoms with Gasteiger partial charge < -0.3 is 0 Å². The first-order chi connectivity index (χ1) is 11.4. The smallest absolute Gasteiger partial charge is 0.261 e. The van der Waals surface area contributed by atoms with Crippen molar-refractivity contribution in [3.63, 3.8) is 0 Å². The average Bonchev–Trinajstić information content (AvgIpc) is 2.51. The van der Waals surface area contributed by atoms with Crippen molar-refractivity contribution in [1.29, 1.82) is 0 Å². The fourth-order valence-electron chi connectivity index (χ4n) is 2.13. The zero-order valence-electron chi connectivity index (χ0n) is 14.2. The van der Waals surface area contributed by atoms with E-state index in [2.05, 4.69) is 4.72 Å². The molecular formula is C16H19ClN2O4S2. The molecular weight excluding hydrogens is 384 g/mol. The van der Waals surface area contributed by atoms with Crippen LogP contribution >= 0.6 is 11.6 Å². The maximum absolute atomic E-state index is 12.6. The number of nitrogens with one attached hydrogen (secondary N) is 1. The summed E-state index contributed by atoms with van der Waals surface area (Å²) in [5.74, 6) is 0. The average molecular weight is 403 g/mol. The molecule has 0 aliphatic heterocycles. The number of sulfonamides is 2. The maximum atomic E-state index is 12.6. The molecule has 9 heteroatoms. The van der Waals surface area contributed by atoms with Crippen LogP contribution in [0.2, 0.25) is 5.02 Å². The van der Waals surface area contributed by atoms with Crippen molar-refractivity contribution in [1.82, 2.24) is 4.31 Å². The largest absolute Gasteiger partial charge is 0.279 e. The maximum Gasteiger partial charge on any atom is 0.261 e. The van der Waals surface area contributed by atoms with Crippen molar-refractivity contribution >= 4 is 37.3 Å². The third-order valence-corrected chi connectivity index (χ3v) is 7.16. The molecule has 0 saturated heterocycles. The van der Waals surface area contributed by atoms with Crippen LogP contribution in [-0.2, 0) is 20.0 Å². The summed E-state index contributed by atoms with van der Waals surface area (Å²) < 4.78 is 53.4. The van der Waals surface area contributed by atoms with Crippen molar-refractivity contribution in [3.05, 3.63) is 52.5 Å². The van der Waals surface area contributed by atoms with E-state index in [0.717, 1.165) is 4.31 Å². The van der Waals surface area contributed by atoms with Crippen LogP contribution < -0.4 is 4.72 Å². The van der Waals surface area contributed by atoms with Crippen LogP contribution in [0.15, 0.2) is 46.2 Å². The van der Waals surface area contributed by atoms with Crippen molar-refractivity contribution in [2.45, 2.75) is 23.6 Å². The summed E-state index contributed by atoms with van der Waals surface area (Å²) in [6.45, 7) is 3.44. The Kier molecular flexibility index (Phi) is 5.48. The van der Waals surface area contributed by atoms with Gasteiger partial charge in [0.1, 0.15) is 0 Å². The molecule has 2 aromatic carbocycles. The molecule has 0 fully saturated rings. The Morgan fingerprint density at radius 3 is 2.16 bits per heavy atom. The van der Waals surface area contributed by atoms with Gasteiger partial charge in [0, 0.05) is 19.1 Å². The first-order valence-electron chi connectivity index (χ1n) is 7.27. The minimum absolute atomic E-state index is 0.00192. The van der Waals surface area contributed by atoms with Gasteiger partial charge in [-0.3, -0.25) is 4.72 Å². The highest BCUT2D eigenvalue weighted by atomic mass is 35.5. The fraction of sp³-hybridized carbons (Fsp3) is 0.250. The topological polar surface area (TPSA) is 83.6 Å². The lowest BCUT2D eigenvalue weighted by atomic mass is 10.1. The highest BCUT2D eigenvalue weighted by Crippen LogP contribution is 2.28. The summed E-state index contributed by atoms with van der Waals surface area (Å²) in [5.41, 5.74) is 1.51. The quantitative estimate of drug-likeness (QED) is 0.833. The SMILES string of the molecule is Cc1cc(S(=O)(=O)N(C)C)cc(NS(=O)(=O)c2cccc(Cl)c2)c1C. The Morgan fingerprint density at radius 2 is 1.60 bits per heavy atom. The van der Waals surface area contributed by atoms with Crippen molar-refractivity contribution < 1.29 is 16.8 Å². The van der Waals surface area contributed by atoms with Gasteiger partial charge in [0.15, 0.2) is 0 Å². The Hall–Kier alpha value is -1.61. The fourth-order valence-corrected chi connectivity index (χ4v) is 4.56. The van der Waals surface area contributed by atoms with Gasteiger partial charge in [-0.15, -0.1) is 0 Å². The molecule has 0 atom stereocenters. The zero-order chi connectivity index (χ0) is 19.0. The van der Waals surface area contributed by atoms with Crippen LogP contribution in [0.3, 0.4) is 0 Å². The number of hydrogen-bond donors (Lipinski definition) is 1. The summed E-state index contributed by atoms with van der Waals surface area (Å²) in [5, 5.41) is 0.291. The van der Waals surface area contributed by atoms with Crippen LogP contribution in [0.1, 0.15) is 11.1 Å². The molecule has 0 spiro atoms. The zero-order valence-corrected chi connectivity index (χ0v) is 16.6. The van der Waals surface area contributed by atoms with Crippen molar-refractivity contribution in [2.75, 3.05) is 18.8 Å². The van der Waals surface area contributed by atoms with Gasteiger partial charge in [-0.25, -0.2) is 21.1 Å². The summed E-state index contributed by atoms with van der Waals surface area (Å²) in [7, 11) is -4.75. The Labute approximate surface area is 153 Å². The first-order valence-corrected chi connectivity index (χ1v) is 10.6. The summed E-state index contributed by atoms with van der Waals surface area (Å²) in [6.07, 6.45) is 0. The van der Waals surface area contributed by atoms with E-state index in [0.29, 0.717) is 16.1 Å². The standard InChI is InChI=1S/C16H19ClN2O4S2/c1-11-8-15(25(22,23)19(3)4)10-16(12(11)2)18-24(20,21)14-7-5-6-13(17)9-14/h5-10,18H,1-4H3. The second-order valence-corrected chi connectivity index (χ2v) is 10.0. The van der Waals surface area contributed by atoms with E-state index in [1.807, 2.05) is 0 Å². The second-order valence-electron chi connectivity index (χ2n) is 5.76. The highest BCUT2D eigenvalue weighted by molar-refractivity contribution is 7.92. The lowest BCUT2D eigenvalue weighted by Crippen LogP contribution is -2.23. The molecule has 0 heterocycles. The molecule has 0 bridgehead atoms. The molecule has 136 valence electrons. The molecule has 0 aliphatic rings. The summed E-state index contributed by atoms with van der Waals surface area (Å²) in [6, 6.07) is 8.67. The van der Waals surface area contributed by atoms with E-state index in [-0.39, 0.29) is 15.5 Å². The van der Waals surface area contributed by atoms with Gasteiger partial charge in [0.2, 0.25) is 10.0 Å². The number of benzene rings is 2. The highest BCUT2D eigenvalue weighted by Gasteiger charge is 2.22. The Morgan fingerprint density at radius 1 is 0.960 bits per heavy atom. The van der Waals surface area contributed by atoms with Gasteiger partial charge in [-0.1, -0.05) is 17.7 Å². The Balaban J connectivity index is 2.55. The Bertz CT molecular complexity index is 1020. The molecule has 0 unspecified atom stereocenters. The van der Waals surface area contributed by atoms with Crippen molar-refractivity contribution in [2.24, 2.45) is 0 Å². The molecule has 0 aliphatic carbocycles. The van der Waals surface area contributed by atoms with Gasteiger partial charge in [-0.2, -0.15) is 0 Å². The lowest BCUT2D eigenvalue weighted by molar-refractivity contribution is 0.520. The molecule has 0 radical (unpaired) electrons. The predicted molar refractivity (Wildman–Crippen MR) is 99.0 cm³/mol. The van der Waals surface area contributed by atoms with E-state index in [1.165, 1.54) is 44.4 Å². The van der Waals surface area contributed by atoms with Gasteiger partial charge in [-0.05, 0) is 55.3 Å². The van der Waals surface area contributed by atoms with E-state index < -0.39 is 20.0 Å². The predicted octanol–water partition coefficient (Wildman–Crippen LogP) is 3.01. The monoisotopic (exact) mass is 402 g/mol. The van der Waals surface area contributed by atoms with Crippen LogP contribution in [0.4, 0.5) is 5.69 Å². The molecule has 1 N–H and O–H groups in total. The molecule has 0 aromatic heterocycles. The molecule has 0 amide bonds. The summed E-state index contributed by atoms with van der Waals surface area (Å²) >= 11 is 5.85. The lowest BCUT2D eigenvalue weighted by Gasteiger charge is -2.17. The third-order valence-electron chi connectivity index (χ3n) is 3.77. The summed E-state index contributed by atoms with van der Waals surface area (Å²) in [4.78, 5) is 0.0160. The number of hydrogen-bond acceptors (Lipinski definition) is 4. The normalized spacial score (nSPS) is 12.4. The van der Waals surface area contributed by atoms with Gasteiger partial charge in [0.05, 0.1) is 15.5 Å². The first kappa shape index (κ1) is 19.7. The number of rotatable bonds is 5. The van der Waals surface area contributed by atoms with Gasteiger partial charge >= 0.3 is 0 Å². The van der Waals surface area contributed by atoms with Crippen LogP contribution in [-0.4, -0.2) is 35.2 Å². The minimum Gasteiger partial charge on any atom is -0.279 e. The number of nitrogens with zero attached hydrogens (tertiary/aromatic N) is 1. The minimum atomic E-state index is -3.90. The van der Waals surface area contributed by atoms with E-state index in [4.69, 9.17) is 11.6 Å². The van der Waals surface area contributed by atoms with E-state index >= 15 is 0 Å². The molecule has 2 rings (SSSR count). The van der Waals surface area contributed by atoms with E-state index in [1.54, 1.807) is 19.9 Å². The number of anilines is 1. The van der Waals surface area contributed by atoms with Gasteiger partial charge in [0.25, 0.3) is 10.0 Å². The van der Waals surface area contributed by atoms with Crippen LogP contribution in [0, 0.1) is 13.8 Å². The van der Waals surface area contributed by atoms with Crippen LogP contribution in [0.5, 0.6) is 0 Å². The molecule has 6 nitrogen and oxygen atoms in total. The van der Waals surface area contributed by atoms with Crippen LogP contribution in [0.25, 0.3) is 0 Å².